The van der Waals surface area contributed by atoms with Crippen LogP contribution in [0.3, 0.4) is 0 Å². The van der Waals surface area contributed by atoms with Crippen molar-refractivity contribution in [2.75, 3.05) is 18.0 Å². The van der Waals surface area contributed by atoms with E-state index in [0.29, 0.717) is 12.0 Å². The number of hydrogen-bond donors (Lipinski definition) is 1. The molecule has 4 heteroatoms. The Bertz CT molecular complexity index is 383. The normalized spacial score (nSPS) is 23.9. The van der Waals surface area contributed by atoms with Gasteiger partial charge in [0.05, 0.1) is 10.7 Å². The third kappa shape index (κ3) is 2.78. The van der Waals surface area contributed by atoms with Gasteiger partial charge < -0.3 is 10.6 Å². The predicted molar refractivity (Wildman–Crippen MR) is 77.1 cm³/mol. The van der Waals surface area contributed by atoms with Crippen molar-refractivity contribution in [3.05, 3.63) is 23.5 Å². The van der Waals surface area contributed by atoms with Gasteiger partial charge in [-0.05, 0) is 38.3 Å². The lowest BCUT2D eigenvalue weighted by molar-refractivity contribution is 0.300. The molecule has 0 aliphatic heterocycles. The van der Waals surface area contributed by atoms with Crippen molar-refractivity contribution in [3.8, 4) is 0 Å². The molecule has 0 saturated heterocycles. The lowest BCUT2D eigenvalue weighted by Gasteiger charge is -2.40. The summed E-state index contributed by atoms with van der Waals surface area (Å²) in [5, 5.41) is 0.737. The maximum Gasteiger partial charge on any atom is 0.0822 e. The molecule has 0 aromatic carbocycles. The second kappa shape index (κ2) is 6.39. The highest BCUT2D eigenvalue weighted by Gasteiger charge is 2.29. The van der Waals surface area contributed by atoms with Crippen LogP contribution in [0, 0.1) is 5.92 Å². The van der Waals surface area contributed by atoms with E-state index < -0.39 is 0 Å². The van der Waals surface area contributed by atoms with Crippen LogP contribution in [0.2, 0.25) is 5.02 Å². The van der Waals surface area contributed by atoms with Gasteiger partial charge in [-0.1, -0.05) is 24.4 Å². The second-order valence-corrected chi connectivity index (χ2v) is 5.37. The average molecular weight is 268 g/mol. The van der Waals surface area contributed by atoms with Gasteiger partial charge in [-0.25, -0.2) is 0 Å². The van der Waals surface area contributed by atoms with Crippen molar-refractivity contribution in [1.82, 2.24) is 4.98 Å². The smallest absolute Gasteiger partial charge is 0.0822 e. The second-order valence-electron chi connectivity index (χ2n) is 4.96. The van der Waals surface area contributed by atoms with Crippen molar-refractivity contribution in [2.24, 2.45) is 11.7 Å². The maximum atomic E-state index is 6.27. The van der Waals surface area contributed by atoms with E-state index in [1.165, 1.54) is 25.7 Å². The molecule has 1 heterocycles. The molecule has 18 heavy (non-hydrogen) atoms. The first-order chi connectivity index (χ1) is 8.77. The first-order valence-electron chi connectivity index (χ1n) is 6.84. The molecule has 100 valence electrons. The molecule has 1 aromatic heterocycles. The monoisotopic (exact) mass is 267 g/mol. The van der Waals surface area contributed by atoms with Gasteiger partial charge in [0, 0.05) is 25.0 Å². The van der Waals surface area contributed by atoms with Crippen LogP contribution in [-0.2, 0) is 0 Å². The topological polar surface area (TPSA) is 42.2 Å². The Morgan fingerprint density at radius 1 is 1.44 bits per heavy atom. The molecule has 0 spiro atoms. The van der Waals surface area contributed by atoms with E-state index in [0.717, 1.165) is 23.8 Å². The summed E-state index contributed by atoms with van der Waals surface area (Å²) in [6.45, 7) is 3.91. The minimum atomic E-state index is 0.522. The van der Waals surface area contributed by atoms with E-state index in [2.05, 4.69) is 16.8 Å². The molecule has 2 atom stereocenters. The van der Waals surface area contributed by atoms with Crippen molar-refractivity contribution < 1.29 is 0 Å². The Labute approximate surface area is 114 Å². The van der Waals surface area contributed by atoms with E-state index in [4.69, 9.17) is 17.3 Å². The molecule has 2 rings (SSSR count). The number of hydrogen-bond acceptors (Lipinski definition) is 3. The Kier molecular flexibility index (Phi) is 4.84. The molecule has 3 nitrogen and oxygen atoms in total. The fraction of sp³-hybridized carbons (Fsp3) is 0.643. The summed E-state index contributed by atoms with van der Waals surface area (Å²) >= 11 is 6.27. The summed E-state index contributed by atoms with van der Waals surface area (Å²) in [6, 6.07) is 2.53. The minimum absolute atomic E-state index is 0.522. The van der Waals surface area contributed by atoms with E-state index in [-0.39, 0.29) is 0 Å². The van der Waals surface area contributed by atoms with E-state index in [9.17, 15) is 0 Å². The minimum Gasteiger partial charge on any atom is -0.367 e. The summed E-state index contributed by atoms with van der Waals surface area (Å²) in [6.07, 6.45) is 8.58. The van der Waals surface area contributed by atoms with Gasteiger partial charge >= 0.3 is 0 Å². The molecule has 1 aliphatic carbocycles. The lowest BCUT2D eigenvalue weighted by Crippen LogP contribution is -2.45. The molecule has 0 radical (unpaired) electrons. The Hall–Kier alpha value is -0.800. The van der Waals surface area contributed by atoms with Gasteiger partial charge in [0.25, 0.3) is 0 Å². The van der Waals surface area contributed by atoms with Crippen LogP contribution in [0.4, 0.5) is 5.69 Å². The highest BCUT2D eigenvalue weighted by Crippen LogP contribution is 2.33. The van der Waals surface area contributed by atoms with Gasteiger partial charge in [-0.15, -0.1) is 0 Å². The molecule has 2 N–H and O–H groups in total. The largest absolute Gasteiger partial charge is 0.367 e. The predicted octanol–water partition coefficient (Wildman–Crippen LogP) is 3.08. The first-order valence-corrected chi connectivity index (χ1v) is 7.22. The number of anilines is 1. The highest BCUT2D eigenvalue weighted by molar-refractivity contribution is 6.33. The summed E-state index contributed by atoms with van der Waals surface area (Å²) in [7, 11) is 0. The van der Waals surface area contributed by atoms with Crippen molar-refractivity contribution in [2.45, 2.75) is 38.6 Å². The molecule has 1 saturated carbocycles. The Balaban J connectivity index is 2.24. The van der Waals surface area contributed by atoms with Gasteiger partial charge in [-0.3, -0.25) is 4.98 Å². The number of aromatic nitrogens is 1. The highest BCUT2D eigenvalue weighted by atomic mass is 35.5. The fourth-order valence-electron chi connectivity index (χ4n) is 3.06. The zero-order valence-electron chi connectivity index (χ0n) is 11.0. The van der Waals surface area contributed by atoms with Crippen LogP contribution in [0.15, 0.2) is 18.5 Å². The van der Waals surface area contributed by atoms with Gasteiger partial charge in [-0.2, -0.15) is 0 Å². The summed E-state index contributed by atoms with van der Waals surface area (Å²) < 4.78 is 0. The van der Waals surface area contributed by atoms with E-state index in [1.54, 1.807) is 6.20 Å². The quantitative estimate of drug-likeness (QED) is 0.912. The Morgan fingerprint density at radius 2 is 2.22 bits per heavy atom. The van der Waals surface area contributed by atoms with Crippen LogP contribution in [-0.4, -0.2) is 24.1 Å². The molecule has 0 amide bonds. The Morgan fingerprint density at radius 3 is 2.89 bits per heavy atom. The van der Waals surface area contributed by atoms with E-state index >= 15 is 0 Å². The van der Waals surface area contributed by atoms with Gasteiger partial charge in [0.1, 0.15) is 0 Å². The molecule has 1 fully saturated rings. The van der Waals surface area contributed by atoms with Crippen molar-refractivity contribution in [1.29, 1.82) is 0 Å². The summed E-state index contributed by atoms with van der Waals surface area (Å²) in [5.74, 6) is 0.586. The molecular weight excluding hydrogens is 246 g/mol. The zero-order valence-corrected chi connectivity index (χ0v) is 11.7. The zero-order chi connectivity index (χ0) is 13.0. The number of nitrogens with zero attached hydrogens (tertiary/aromatic N) is 2. The third-order valence-corrected chi connectivity index (χ3v) is 4.26. The van der Waals surface area contributed by atoms with Crippen LogP contribution >= 0.6 is 11.6 Å². The molecular formula is C14H22ClN3. The number of rotatable bonds is 4. The van der Waals surface area contributed by atoms with Crippen LogP contribution in [0.5, 0.6) is 0 Å². The lowest BCUT2D eigenvalue weighted by atomic mass is 9.83. The maximum absolute atomic E-state index is 6.27. The van der Waals surface area contributed by atoms with Crippen molar-refractivity contribution in [3.63, 3.8) is 0 Å². The summed E-state index contributed by atoms with van der Waals surface area (Å²) in [4.78, 5) is 6.47. The van der Waals surface area contributed by atoms with Crippen LogP contribution in [0.1, 0.15) is 32.6 Å². The fourth-order valence-corrected chi connectivity index (χ4v) is 3.29. The number of pyridine rings is 1. The van der Waals surface area contributed by atoms with Crippen molar-refractivity contribution >= 4 is 17.3 Å². The van der Waals surface area contributed by atoms with Crippen LogP contribution < -0.4 is 10.6 Å². The average Bonchev–Trinajstić information content (AvgIpc) is 2.42. The summed E-state index contributed by atoms with van der Waals surface area (Å²) in [5.41, 5.74) is 7.03. The third-order valence-electron chi connectivity index (χ3n) is 3.97. The van der Waals surface area contributed by atoms with Gasteiger partial charge in [0.2, 0.25) is 0 Å². The molecule has 2 unspecified atom stereocenters. The molecule has 1 aliphatic rings. The molecule has 1 aromatic rings. The number of nitrogens with two attached hydrogens (primary N) is 1. The number of halogens is 1. The SMILES string of the molecule is CCN(c1ccncc1Cl)C1CCCCC1CN. The van der Waals surface area contributed by atoms with Crippen LogP contribution in [0.25, 0.3) is 0 Å². The van der Waals surface area contributed by atoms with Gasteiger partial charge in [0.15, 0.2) is 0 Å². The van der Waals surface area contributed by atoms with E-state index in [1.807, 2.05) is 12.3 Å². The standard InChI is InChI=1S/C14H22ClN3/c1-2-18(14-7-8-17-10-12(14)15)13-6-4-3-5-11(13)9-16/h7-8,10-11,13H,2-6,9,16H2,1H3. The molecule has 0 bridgehead atoms. The first kappa shape index (κ1) is 13.6.